The van der Waals surface area contributed by atoms with Crippen LogP contribution in [0.25, 0.3) is 16.9 Å². The van der Waals surface area contributed by atoms with Crippen molar-refractivity contribution in [3.63, 3.8) is 0 Å². The van der Waals surface area contributed by atoms with Gasteiger partial charge in [-0.05, 0) is 30.3 Å². The molecule has 6 nitrogen and oxygen atoms in total. The molecule has 6 heteroatoms. The lowest BCUT2D eigenvalue weighted by atomic mass is 10.1. The summed E-state index contributed by atoms with van der Waals surface area (Å²) < 4.78 is 1.70. The number of anilines is 1. The maximum absolute atomic E-state index is 12.7. The molecular weight excluding hydrogens is 364 g/mol. The summed E-state index contributed by atoms with van der Waals surface area (Å²) in [5, 5.41) is 16.7. The van der Waals surface area contributed by atoms with Crippen LogP contribution in [-0.2, 0) is 0 Å². The van der Waals surface area contributed by atoms with Crippen molar-refractivity contribution in [1.29, 1.82) is 5.26 Å². The molecule has 0 saturated heterocycles. The Balaban J connectivity index is 0.00000240. The van der Waals surface area contributed by atoms with Crippen LogP contribution in [0.15, 0.2) is 91.0 Å². The third kappa shape index (κ3) is 4.21. The van der Waals surface area contributed by atoms with Crippen LogP contribution in [-0.4, -0.2) is 21.2 Å². The van der Waals surface area contributed by atoms with Crippen LogP contribution in [0.2, 0.25) is 0 Å². The second-order valence-corrected chi connectivity index (χ2v) is 6.17. The number of rotatable bonds is 4. The monoisotopic (exact) mass is 382 g/mol. The molecule has 29 heavy (non-hydrogen) atoms. The van der Waals surface area contributed by atoms with Gasteiger partial charge in [0.2, 0.25) is 0 Å². The quantitative estimate of drug-likeness (QED) is 0.580. The molecule has 0 fully saturated rings. The third-order valence-electron chi connectivity index (χ3n) is 4.28. The number of nitriles is 1. The van der Waals surface area contributed by atoms with Crippen molar-refractivity contribution in [2.75, 3.05) is 5.32 Å². The van der Waals surface area contributed by atoms with E-state index < -0.39 is 0 Å². The summed E-state index contributed by atoms with van der Waals surface area (Å²) in [7, 11) is 0. The summed E-state index contributed by atoms with van der Waals surface area (Å²) in [6.07, 6.45) is 0. The van der Waals surface area contributed by atoms with E-state index in [-0.39, 0.29) is 11.4 Å². The Morgan fingerprint density at radius 3 is 2.28 bits per heavy atom. The van der Waals surface area contributed by atoms with Crippen molar-refractivity contribution >= 4 is 11.7 Å². The minimum Gasteiger partial charge on any atom is -0.412 e. The van der Waals surface area contributed by atoms with E-state index >= 15 is 0 Å². The van der Waals surface area contributed by atoms with Gasteiger partial charge in [-0.1, -0.05) is 54.6 Å². The molecule has 0 radical (unpaired) electrons. The van der Waals surface area contributed by atoms with Gasteiger partial charge in [0.1, 0.15) is 5.82 Å². The number of hydrogen-bond donors (Lipinski definition) is 1. The standard InChI is InChI=1S/C23H16N4O.H2O/c24-16-17-8-7-11-19(14-17)23(28)25-22-15-21(18-9-3-1-4-10-18)26-27(22)20-12-5-2-6-13-20;/h1-15H,(H,25,28);1H2. The number of carbonyl (C=O) groups excluding carboxylic acids is 1. The zero-order valence-corrected chi connectivity index (χ0v) is 15.4. The number of amides is 1. The number of nitrogens with one attached hydrogen (secondary N) is 1. The number of benzene rings is 3. The van der Waals surface area contributed by atoms with Gasteiger partial charge in [-0.2, -0.15) is 10.4 Å². The molecule has 142 valence electrons. The van der Waals surface area contributed by atoms with Crippen LogP contribution in [0.4, 0.5) is 5.82 Å². The molecule has 3 aromatic carbocycles. The first-order valence-corrected chi connectivity index (χ1v) is 8.77. The van der Waals surface area contributed by atoms with Gasteiger partial charge in [0, 0.05) is 17.2 Å². The molecule has 1 amide bonds. The van der Waals surface area contributed by atoms with Crippen molar-refractivity contribution in [2.24, 2.45) is 0 Å². The summed E-state index contributed by atoms with van der Waals surface area (Å²) in [6, 6.07) is 29.9. The zero-order chi connectivity index (χ0) is 19.3. The van der Waals surface area contributed by atoms with E-state index in [1.807, 2.05) is 66.7 Å². The highest BCUT2D eigenvalue weighted by molar-refractivity contribution is 6.04. The van der Waals surface area contributed by atoms with Gasteiger partial charge in [-0.15, -0.1) is 0 Å². The maximum atomic E-state index is 12.7. The Bertz CT molecular complexity index is 1160. The fraction of sp³-hybridized carbons (Fsp3) is 0. The highest BCUT2D eigenvalue weighted by Gasteiger charge is 2.15. The summed E-state index contributed by atoms with van der Waals surface area (Å²) >= 11 is 0. The van der Waals surface area contributed by atoms with E-state index in [9.17, 15) is 4.79 Å². The number of para-hydroxylation sites is 1. The summed E-state index contributed by atoms with van der Waals surface area (Å²) in [4.78, 5) is 12.7. The Morgan fingerprint density at radius 2 is 1.59 bits per heavy atom. The smallest absolute Gasteiger partial charge is 0.256 e. The molecule has 4 aromatic rings. The summed E-state index contributed by atoms with van der Waals surface area (Å²) in [6.45, 7) is 0. The first-order chi connectivity index (χ1) is 13.7. The molecule has 0 aliphatic carbocycles. The first-order valence-electron chi connectivity index (χ1n) is 8.77. The predicted molar refractivity (Wildman–Crippen MR) is 112 cm³/mol. The number of aromatic nitrogens is 2. The Morgan fingerprint density at radius 1 is 0.897 bits per heavy atom. The van der Waals surface area contributed by atoms with Crippen molar-refractivity contribution in [3.8, 4) is 23.0 Å². The van der Waals surface area contributed by atoms with Crippen molar-refractivity contribution in [3.05, 3.63) is 102 Å². The molecule has 0 spiro atoms. The van der Waals surface area contributed by atoms with Gasteiger partial charge in [-0.3, -0.25) is 4.79 Å². The fourth-order valence-corrected chi connectivity index (χ4v) is 2.90. The molecule has 0 aliphatic heterocycles. The van der Waals surface area contributed by atoms with Gasteiger partial charge < -0.3 is 10.8 Å². The minimum atomic E-state index is -0.297. The summed E-state index contributed by atoms with van der Waals surface area (Å²) in [5.41, 5.74) is 3.41. The lowest BCUT2D eigenvalue weighted by molar-refractivity contribution is 0.102. The van der Waals surface area contributed by atoms with Crippen molar-refractivity contribution in [1.82, 2.24) is 9.78 Å². The van der Waals surface area contributed by atoms with Gasteiger partial charge in [0.05, 0.1) is 23.0 Å². The van der Waals surface area contributed by atoms with Gasteiger partial charge >= 0.3 is 0 Å². The second kappa shape index (κ2) is 8.65. The van der Waals surface area contributed by atoms with Crippen LogP contribution >= 0.6 is 0 Å². The molecule has 0 aliphatic rings. The van der Waals surface area contributed by atoms with Crippen LogP contribution < -0.4 is 5.32 Å². The zero-order valence-electron chi connectivity index (χ0n) is 15.4. The average Bonchev–Trinajstić information content (AvgIpc) is 3.19. The van der Waals surface area contributed by atoms with Crippen LogP contribution in [0.1, 0.15) is 15.9 Å². The van der Waals surface area contributed by atoms with E-state index in [4.69, 9.17) is 5.26 Å². The van der Waals surface area contributed by atoms with Crippen LogP contribution in [0.5, 0.6) is 0 Å². The second-order valence-electron chi connectivity index (χ2n) is 6.17. The van der Waals surface area contributed by atoms with Gasteiger partial charge in [-0.25, -0.2) is 4.68 Å². The van der Waals surface area contributed by atoms with E-state index in [0.717, 1.165) is 16.9 Å². The average molecular weight is 382 g/mol. The SMILES string of the molecule is N#Cc1cccc(C(=O)Nc2cc(-c3ccccc3)nn2-c2ccccc2)c1.O. The molecule has 1 aromatic heterocycles. The molecule has 3 N–H and O–H groups in total. The molecule has 4 rings (SSSR count). The molecule has 0 bridgehead atoms. The van der Waals surface area contributed by atoms with Gasteiger partial charge in [0.15, 0.2) is 0 Å². The Hall–Kier alpha value is -4.21. The van der Waals surface area contributed by atoms with Crippen LogP contribution in [0.3, 0.4) is 0 Å². The lowest BCUT2D eigenvalue weighted by Gasteiger charge is -2.09. The normalized spacial score (nSPS) is 9.90. The first kappa shape index (κ1) is 19.5. The third-order valence-corrected chi connectivity index (χ3v) is 4.28. The molecule has 0 unspecified atom stereocenters. The predicted octanol–water partition coefficient (Wildman–Crippen LogP) is 3.84. The largest absolute Gasteiger partial charge is 0.412 e. The molecule has 0 saturated carbocycles. The summed E-state index contributed by atoms with van der Waals surface area (Å²) in [5.74, 6) is 0.256. The molecule has 1 heterocycles. The molecule has 0 atom stereocenters. The number of hydrogen-bond acceptors (Lipinski definition) is 3. The van der Waals surface area contributed by atoms with E-state index in [2.05, 4.69) is 16.5 Å². The van der Waals surface area contributed by atoms with E-state index in [1.54, 1.807) is 28.9 Å². The molecular formula is C23H18N4O2. The minimum absolute atomic E-state index is 0. The van der Waals surface area contributed by atoms with Gasteiger partial charge in [0.25, 0.3) is 5.91 Å². The van der Waals surface area contributed by atoms with E-state index in [0.29, 0.717) is 16.9 Å². The number of carbonyl (C=O) groups is 1. The van der Waals surface area contributed by atoms with Crippen molar-refractivity contribution in [2.45, 2.75) is 0 Å². The fourth-order valence-electron chi connectivity index (χ4n) is 2.90. The van der Waals surface area contributed by atoms with E-state index in [1.165, 1.54) is 0 Å². The lowest BCUT2D eigenvalue weighted by Crippen LogP contribution is -2.15. The Kier molecular flexibility index (Phi) is 5.83. The highest BCUT2D eigenvalue weighted by atomic mass is 16.1. The van der Waals surface area contributed by atoms with Crippen LogP contribution in [0, 0.1) is 11.3 Å². The number of nitrogens with zero attached hydrogens (tertiary/aromatic N) is 3. The Labute approximate surface area is 168 Å². The highest BCUT2D eigenvalue weighted by Crippen LogP contribution is 2.25. The topological polar surface area (TPSA) is 102 Å². The van der Waals surface area contributed by atoms with Crippen molar-refractivity contribution < 1.29 is 10.3 Å². The maximum Gasteiger partial charge on any atom is 0.256 e.